The monoisotopic (exact) mass is 573 g/mol. The van der Waals surface area contributed by atoms with Crippen molar-refractivity contribution in [3.8, 4) is 0 Å². The first-order chi connectivity index (χ1) is 14.7. The zero-order chi connectivity index (χ0) is 25.2. The fraction of sp³-hybridized carbons (Fsp3) is 1.00. The number of hydrogen-bond donors (Lipinski definition) is 0. The van der Waals surface area contributed by atoms with Gasteiger partial charge in [-0.05, 0) is 65.2 Å². The smallest absolute Gasteiger partial charge is 0.302 e. The third-order valence-electron chi connectivity index (χ3n) is 5.15. The molecular formula is C18H40Cl2CuN4O8. The Labute approximate surface area is 213 Å². The fourth-order valence-corrected chi connectivity index (χ4v) is 3.31. The van der Waals surface area contributed by atoms with Crippen LogP contribution in [0, 0.1) is 20.5 Å². The van der Waals surface area contributed by atoms with E-state index in [2.05, 4.69) is 47.3 Å². The number of halogens is 2. The van der Waals surface area contributed by atoms with E-state index in [9.17, 15) is 0 Å². The minimum atomic E-state index is -4.94. The minimum absolute atomic E-state index is 0. The second kappa shape index (κ2) is 21.9. The summed E-state index contributed by atoms with van der Waals surface area (Å²) in [4.78, 5) is 10.5. The third kappa shape index (κ3) is 32.6. The van der Waals surface area contributed by atoms with E-state index in [0.717, 1.165) is 0 Å². The average molecular weight is 575 g/mol. The van der Waals surface area contributed by atoms with Crippen LogP contribution in [0.4, 0.5) is 0 Å². The summed E-state index contributed by atoms with van der Waals surface area (Å²) in [7, 11) is -9.89. The van der Waals surface area contributed by atoms with Crippen LogP contribution in [0.2, 0.25) is 0 Å². The molecule has 1 heterocycles. The first-order valence-corrected chi connectivity index (χ1v) is 13.3. The van der Waals surface area contributed by atoms with E-state index in [1.54, 1.807) is 0 Å². The zero-order valence-electron chi connectivity index (χ0n) is 20.0. The van der Waals surface area contributed by atoms with Gasteiger partial charge in [-0.25, -0.2) is 37.3 Å². The molecule has 1 rings (SSSR count). The second-order valence-corrected chi connectivity index (χ2v) is 8.71. The predicted molar refractivity (Wildman–Crippen MR) is 97.7 cm³/mol. The predicted octanol–water partition coefficient (Wildman–Crippen LogP) is -7.45. The van der Waals surface area contributed by atoms with Crippen LogP contribution < -0.4 is 37.3 Å². The summed E-state index contributed by atoms with van der Waals surface area (Å²) in [6.45, 7) is 23.9. The molecule has 205 valence electrons. The van der Waals surface area contributed by atoms with E-state index in [4.69, 9.17) is 37.3 Å². The summed E-state index contributed by atoms with van der Waals surface area (Å²) >= 11 is 0. The van der Waals surface area contributed by atoms with Gasteiger partial charge >= 0.3 is 17.1 Å². The van der Waals surface area contributed by atoms with E-state index >= 15 is 0 Å². The maximum atomic E-state index is 8.49. The summed E-state index contributed by atoms with van der Waals surface area (Å²) in [6, 6.07) is 0. The maximum absolute atomic E-state index is 8.49. The van der Waals surface area contributed by atoms with Gasteiger partial charge in [0.15, 0.2) is 0 Å². The largest absolute Gasteiger partial charge is 2.00 e. The van der Waals surface area contributed by atoms with Crippen LogP contribution in [0.1, 0.15) is 40.5 Å². The topological polar surface area (TPSA) is 197 Å². The van der Waals surface area contributed by atoms with Gasteiger partial charge in [0.1, 0.15) is 0 Å². The quantitative estimate of drug-likeness (QED) is 0.288. The molecule has 1 radical (unpaired) electrons. The third-order valence-corrected chi connectivity index (χ3v) is 5.15. The molecule has 0 aromatic heterocycles. The Hall–Kier alpha value is 0.619. The van der Waals surface area contributed by atoms with Crippen molar-refractivity contribution < 1.29 is 74.8 Å². The molecule has 1 saturated heterocycles. The van der Waals surface area contributed by atoms with Crippen molar-refractivity contribution in [3.05, 3.63) is 0 Å². The van der Waals surface area contributed by atoms with Crippen LogP contribution in [0.3, 0.4) is 0 Å². The normalized spacial score (nSPS) is 19.3. The van der Waals surface area contributed by atoms with Crippen LogP contribution in [0.5, 0.6) is 0 Å². The van der Waals surface area contributed by atoms with E-state index < -0.39 is 20.5 Å². The van der Waals surface area contributed by atoms with E-state index in [0.29, 0.717) is 0 Å². The van der Waals surface area contributed by atoms with Crippen LogP contribution in [-0.4, -0.2) is 98.1 Å². The Morgan fingerprint density at radius 3 is 0.697 bits per heavy atom. The summed E-state index contributed by atoms with van der Waals surface area (Å²) in [5, 5.41) is 0. The van der Waals surface area contributed by atoms with E-state index in [1.807, 2.05) is 0 Å². The van der Waals surface area contributed by atoms with Gasteiger partial charge in [0.25, 0.3) is 0 Å². The van der Waals surface area contributed by atoms with Crippen molar-refractivity contribution in [3.63, 3.8) is 0 Å². The van der Waals surface area contributed by atoms with Gasteiger partial charge < -0.3 is 19.6 Å². The van der Waals surface area contributed by atoms with Crippen molar-refractivity contribution in [2.45, 2.75) is 40.5 Å². The second-order valence-electron chi connectivity index (χ2n) is 7.20. The van der Waals surface area contributed by atoms with Crippen molar-refractivity contribution >= 4 is 0 Å². The molecule has 15 heteroatoms. The van der Waals surface area contributed by atoms with Gasteiger partial charge in [-0.1, -0.05) is 27.7 Å². The first-order valence-electron chi connectivity index (χ1n) is 10.9. The molecule has 0 amide bonds. The number of rotatable bonds is 4. The SMILES string of the molecule is CCN1CCCN(CC)CCN(CC)CCCN(CC)CC1.[Cu+2].[O-][Cl+3]([O-])([O-])[O-].[O-][Cl+3]([O-])([O-])[O-]. The molecule has 1 aliphatic heterocycles. The van der Waals surface area contributed by atoms with Gasteiger partial charge in [0.05, 0.1) is 0 Å². The molecule has 0 spiro atoms. The van der Waals surface area contributed by atoms with E-state index in [-0.39, 0.29) is 17.1 Å². The summed E-state index contributed by atoms with van der Waals surface area (Å²) in [5.41, 5.74) is 0. The Kier molecular flexibility index (Phi) is 25.3. The van der Waals surface area contributed by atoms with Crippen molar-refractivity contribution in [1.29, 1.82) is 0 Å². The standard InChI is InChI=1S/C18H40N4.2ClHO4.Cu/c1-5-19-11-9-12-21(7-3)17-18-22(8-4)14-10-13-20(6-2)16-15-19;2*2-1(3,4)5;/h5-18H2,1-4H3;2*(H,2,3,4,5);/q;;;+2/p-2. The Balaban J connectivity index is -0.000000686. The van der Waals surface area contributed by atoms with Crippen molar-refractivity contribution in [2.75, 3.05) is 78.5 Å². The molecule has 1 fully saturated rings. The van der Waals surface area contributed by atoms with Gasteiger partial charge in [-0.15, -0.1) is 20.5 Å². The van der Waals surface area contributed by atoms with Crippen LogP contribution in [0.25, 0.3) is 0 Å². The molecule has 0 aromatic carbocycles. The molecule has 0 bridgehead atoms. The Morgan fingerprint density at radius 1 is 0.424 bits per heavy atom. The molecule has 0 aliphatic carbocycles. The summed E-state index contributed by atoms with van der Waals surface area (Å²) in [5.74, 6) is 0. The molecule has 12 nitrogen and oxygen atoms in total. The Bertz CT molecular complexity index is 363. The van der Waals surface area contributed by atoms with Gasteiger partial charge in [0, 0.05) is 26.2 Å². The molecule has 0 saturated carbocycles. The molecule has 33 heavy (non-hydrogen) atoms. The average Bonchev–Trinajstić information content (AvgIpc) is 2.66. The zero-order valence-corrected chi connectivity index (χ0v) is 22.5. The first kappa shape index (κ1) is 38.2. The van der Waals surface area contributed by atoms with E-state index in [1.165, 1.54) is 91.4 Å². The molecule has 0 atom stereocenters. The van der Waals surface area contributed by atoms with Crippen LogP contribution >= 0.6 is 0 Å². The van der Waals surface area contributed by atoms with Crippen LogP contribution in [0.15, 0.2) is 0 Å². The molecule has 0 aromatic rings. The molecule has 1 aliphatic rings. The van der Waals surface area contributed by atoms with Gasteiger partial charge in [-0.3, -0.25) is 0 Å². The number of nitrogens with zero attached hydrogens (tertiary/aromatic N) is 4. The van der Waals surface area contributed by atoms with Gasteiger partial charge in [-0.2, -0.15) is 0 Å². The van der Waals surface area contributed by atoms with Crippen LogP contribution in [-0.2, 0) is 17.1 Å². The molecule has 0 N–H and O–H groups in total. The van der Waals surface area contributed by atoms with Crippen molar-refractivity contribution in [1.82, 2.24) is 19.6 Å². The Morgan fingerprint density at radius 2 is 0.576 bits per heavy atom. The molecular weight excluding hydrogens is 535 g/mol. The summed E-state index contributed by atoms with van der Waals surface area (Å²) < 4.78 is 67.9. The number of hydrogen-bond acceptors (Lipinski definition) is 12. The maximum Gasteiger partial charge on any atom is 2.00 e. The minimum Gasteiger partial charge on any atom is -0.302 e. The fourth-order valence-electron chi connectivity index (χ4n) is 3.31. The number of likely N-dealkylation sites (N-methyl/N-ethyl adjacent to an activating group) is 4. The van der Waals surface area contributed by atoms with Gasteiger partial charge in [0.2, 0.25) is 0 Å². The molecule has 0 unspecified atom stereocenters. The van der Waals surface area contributed by atoms with Crippen molar-refractivity contribution in [2.24, 2.45) is 0 Å². The summed E-state index contributed by atoms with van der Waals surface area (Å²) in [6.07, 6.45) is 2.61.